The lowest BCUT2D eigenvalue weighted by molar-refractivity contribution is 0.0941. The van der Waals surface area contributed by atoms with Crippen LogP contribution in [0.15, 0.2) is 16.6 Å². The molecule has 0 radical (unpaired) electrons. The maximum atomic E-state index is 11.9. The molecule has 0 fully saturated rings. The van der Waals surface area contributed by atoms with E-state index in [4.69, 9.17) is 5.11 Å². The van der Waals surface area contributed by atoms with Gasteiger partial charge in [-0.3, -0.25) is 4.79 Å². The van der Waals surface area contributed by atoms with Crippen LogP contribution in [0.25, 0.3) is 0 Å². The molecule has 0 bridgehead atoms. The molecule has 0 heterocycles. The zero-order chi connectivity index (χ0) is 13.0. The highest BCUT2D eigenvalue weighted by Gasteiger charge is 2.11. The van der Waals surface area contributed by atoms with Crippen molar-refractivity contribution in [2.24, 2.45) is 5.92 Å². The van der Waals surface area contributed by atoms with Crippen molar-refractivity contribution < 1.29 is 9.90 Å². The number of nitrogens with one attached hydrogen (secondary N) is 1. The van der Waals surface area contributed by atoms with Gasteiger partial charge < -0.3 is 10.4 Å². The first-order valence-corrected chi connectivity index (χ1v) is 6.40. The van der Waals surface area contributed by atoms with Crippen molar-refractivity contribution in [3.63, 3.8) is 0 Å². The van der Waals surface area contributed by atoms with Crippen LogP contribution in [0.2, 0.25) is 0 Å². The Balaban J connectivity index is 2.79. The summed E-state index contributed by atoms with van der Waals surface area (Å²) < 4.78 is 1.01. The first-order chi connectivity index (χ1) is 7.95. The molecule has 0 saturated carbocycles. The molecule has 0 saturated heterocycles. The minimum atomic E-state index is -0.0848. The first kappa shape index (κ1) is 14.2. The van der Waals surface area contributed by atoms with E-state index < -0.39 is 0 Å². The highest BCUT2D eigenvalue weighted by Crippen LogP contribution is 2.20. The largest absolute Gasteiger partial charge is 0.396 e. The molecule has 1 atom stereocenters. The lowest BCUT2D eigenvalue weighted by Crippen LogP contribution is -2.30. The van der Waals surface area contributed by atoms with Crippen LogP contribution in [0, 0.1) is 19.8 Å². The molecule has 0 aromatic heterocycles. The molecule has 0 spiro atoms. The molecule has 4 heteroatoms. The summed E-state index contributed by atoms with van der Waals surface area (Å²) in [6.45, 7) is 6.33. The second kappa shape index (κ2) is 6.17. The van der Waals surface area contributed by atoms with Gasteiger partial charge in [-0.25, -0.2) is 0 Å². The third kappa shape index (κ3) is 3.82. The van der Waals surface area contributed by atoms with Crippen molar-refractivity contribution in [1.82, 2.24) is 5.32 Å². The molecule has 2 N–H and O–H groups in total. The van der Waals surface area contributed by atoms with E-state index in [1.54, 1.807) is 0 Å². The maximum Gasteiger partial charge on any atom is 0.251 e. The number of rotatable bonds is 4. The number of benzene rings is 1. The summed E-state index contributed by atoms with van der Waals surface area (Å²) in [5.41, 5.74) is 2.67. The van der Waals surface area contributed by atoms with Gasteiger partial charge in [0.1, 0.15) is 0 Å². The van der Waals surface area contributed by atoms with Gasteiger partial charge in [0.15, 0.2) is 0 Å². The molecule has 0 aliphatic carbocycles. The summed E-state index contributed by atoms with van der Waals surface area (Å²) in [6.07, 6.45) is 0. The third-order valence-electron chi connectivity index (χ3n) is 2.67. The Kier molecular flexibility index (Phi) is 5.15. The summed E-state index contributed by atoms with van der Waals surface area (Å²) in [5.74, 6) is -0.00537. The van der Waals surface area contributed by atoms with Gasteiger partial charge in [-0.15, -0.1) is 0 Å². The van der Waals surface area contributed by atoms with Crippen molar-refractivity contribution in [2.75, 3.05) is 13.2 Å². The molecule has 1 amide bonds. The van der Waals surface area contributed by atoms with Gasteiger partial charge >= 0.3 is 0 Å². The maximum absolute atomic E-state index is 11.9. The van der Waals surface area contributed by atoms with E-state index in [1.807, 2.05) is 32.9 Å². The number of halogens is 1. The van der Waals surface area contributed by atoms with Crippen molar-refractivity contribution in [2.45, 2.75) is 20.8 Å². The van der Waals surface area contributed by atoms with Crippen LogP contribution in [0.1, 0.15) is 28.4 Å². The van der Waals surface area contributed by atoms with E-state index in [0.29, 0.717) is 12.1 Å². The number of aryl methyl sites for hydroxylation is 2. The summed E-state index contributed by atoms with van der Waals surface area (Å²) in [7, 11) is 0. The topological polar surface area (TPSA) is 49.3 Å². The number of aliphatic hydroxyl groups excluding tert-OH is 1. The summed E-state index contributed by atoms with van der Waals surface area (Å²) >= 11 is 3.44. The summed E-state index contributed by atoms with van der Waals surface area (Å²) in [6, 6.07) is 3.82. The fourth-order valence-electron chi connectivity index (χ4n) is 1.45. The Morgan fingerprint density at radius 3 is 2.65 bits per heavy atom. The average Bonchev–Trinajstić information content (AvgIpc) is 2.30. The lowest BCUT2D eigenvalue weighted by atomic mass is 10.0. The fourth-order valence-corrected chi connectivity index (χ4v) is 1.91. The predicted octanol–water partition coefficient (Wildman–Crippen LogP) is 2.42. The molecule has 1 rings (SSSR count). The SMILES string of the molecule is Cc1cc(C(=O)NC[C@@H](C)CO)c(C)cc1Br. The van der Waals surface area contributed by atoms with E-state index >= 15 is 0 Å². The molecular weight excluding hydrogens is 282 g/mol. The zero-order valence-corrected chi connectivity index (χ0v) is 12.0. The molecule has 1 aromatic carbocycles. The highest BCUT2D eigenvalue weighted by molar-refractivity contribution is 9.10. The van der Waals surface area contributed by atoms with Gasteiger partial charge in [0.05, 0.1) is 0 Å². The fraction of sp³-hybridized carbons (Fsp3) is 0.462. The van der Waals surface area contributed by atoms with E-state index in [0.717, 1.165) is 15.6 Å². The smallest absolute Gasteiger partial charge is 0.251 e. The third-order valence-corrected chi connectivity index (χ3v) is 3.53. The van der Waals surface area contributed by atoms with Gasteiger partial charge in [-0.05, 0) is 43.0 Å². The van der Waals surface area contributed by atoms with Crippen LogP contribution < -0.4 is 5.32 Å². The lowest BCUT2D eigenvalue weighted by Gasteiger charge is -2.12. The van der Waals surface area contributed by atoms with Crippen molar-refractivity contribution in [1.29, 1.82) is 0 Å². The Labute approximate surface area is 110 Å². The van der Waals surface area contributed by atoms with Gasteiger partial charge in [-0.2, -0.15) is 0 Å². The number of carbonyl (C=O) groups is 1. The second-order valence-corrected chi connectivity index (χ2v) is 5.27. The van der Waals surface area contributed by atoms with Crippen LogP contribution in [-0.2, 0) is 0 Å². The van der Waals surface area contributed by atoms with Crippen LogP contribution in [0.4, 0.5) is 0 Å². The van der Waals surface area contributed by atoms with E-state index in [2.05, 4.69) is 21.2 Å². The Morgan fingerprint density at radius 2 is 2.06 bits per heavy atom. The number of hydrogen-bond acceptors (Lipinski definition) is 2. The van der Waals surface area contributed by atoms with Crippen LogP contribution in [0.5, 0.6) is 0 Å². The number of hydrogen-bond donors (Lipinski definition) is 2. The van der Waals surface area contributed by atoms with Gasteiger partial charge in [0.2, 0.25) is 0 Å². The zero-order valence-electron chi connectivity index (χ0n) is 10.4. The van der Waals surface area contributed by atoms with Gasteiger partial charge in [0.25, 0.3) is 5.91 Å². The normalized spacial score (nSPS) is 12.3. The Hall–Kier alpha value is -0.870. The molecule has 17 heavy (non-hydrogen) atoms. The van der Waals surface area contributed by atoms with E-state index in [9.17, 15) is 4.79 Å². The monoisotopic (exact) mass is 299 g/mol. The number of amides is 1. The minimum absolute atomic E-state index is 0.0794. The Bertz CT molecular complexity index is 418. The second-order valence-electron chi connectivity index (χ2n) is 4.41. The van der Waals surface area contributed by atoms with Gasteiger partial charge in [0, 0.05) is 23.2 Å². The molecule has 0 aliphatic rings. The average molecular weight is 300 g/mol. The molecular formula is C13H18BrNO2. The van der Waals surface area contributed by atoms with Crippen molar-refractivity contribution >= 4 is 21.8 Å². The quantitative estimate of drug-likeness (QED) is 0.897. The van der Waals surface area contributed by atoms with Crippen LogP contribution in [0.3, 0.4) is 0 Å². The van der Waals surface area contributed by atoms with Crippen molar-refractivity contribution in [3.8, 4) is 0 Å². The predicted molar refractivity (Wildman–Crippen MR) is 72.2 cm³/mol. The first-order valence-electron chi connectivity index (χ1n) is 5.61. The van der Waals surface area contributed by atoms with E-state index in [1.165, 1.54) is 0 Å². The minimum Gasteiger partial charge on any atom is -0.396 e. The summed E-state index contributed by atoms with van der Waals surface area (Å²) in [4.78, 5) is 11.9. The van der Waals surface area contributed by atoms with E-state index in [-0.39, 0.29) is 18.4 Å². The van der Waals surface area contributed by atoms with Crippen LogP contribution in [-0.4, -0.2) is 24.2 Å². The molecule has 0 aliphatic heterocycles. The highest BCUT2D eigenvalue weighted by atomic mass is 79.9. The Morgan fingerprint density at radius 1 is 1.41 bits per heavy atom. The summed E-state index contributed by atoms with van der Waals surface area (Å²) in [5, 5.41) is 11.7. The van der Waals surface area contributed by atoms with Gasteiger partial charge in [-0.1, -0.05) is 22.9 Å². The van der Waals surface area contributed by atoms with Crippen LogP contribution >= 0.6 is 15.9 Å². The molecule has 0 unspecified atom stereocenters. The molecule has 3 nitrogen and oxygen atoms in total. The standard InChI is InChI=1S/C13H18BrNO2/c1-8(7-16)6-15-13(17)11-4-10(3)12(14)5-9(11)2/h4-5,8,16H,6-7H2,1-3H3,(H,15,17)/t8-/m1/s1. The van der Waals surface area contributed by atoms with Crippen molar-refractivity contribution in [3.05, 3.63) is 33.3 Å². The molecule has 94 valence electrons. The molecule has 1 aromatic rings. The number of carbonyl (C=O) groups excluding carboxylic acids is 1. The number of aliphatic hydroxyl groups is 1.